The summed E-state index contributed by atoms with van der Waals surface area (Å²) in [4.78, 5) is 0. The van der Waals surface area contributed by atoms with Gasteiger partial charge < -0.3 is 4.52 Å². The van der Waals surface area contributed by atoms with Gasteiger partial charge in [0.15, 0.2) is 0 Å². The monoisotopic (exact) mass is 289 g/mol. The maximum Gasteiger partial charge on any atom is 0.453 e. The van der Waals surface area contributed by atoms with Crippen LogP contribution in [0, 0.1) is 0 Å². The van der Waals surface area contributed by atoms with Crippen molar-refractivity contribution in [2.75, 3.05) is 0 Å². The van der Waals surface area contributed by atoms with E-state index in [-0.39, 0.29) is 11.3 Å². The molecule has 1 aromatic heterocycles. The third kappa shape index (κ3) is 2.54. The van der Waals surface area contributed by atoms with Crippen molar-refractivity contribution in [2.24, 2.45) is 0 Å². The minimum absolute atomic E-state index is 0.0331. The average molecular weight is 289 g/mol. The number of halogens is 3. The molecule has 3 aromatic rings. The maximum absolute atomic E-state index is 13.1. The van der Waals surface area contributed by atoms with Crippen LogP contribution in [-0.2, 0) is 6.18 Å². The molecule has 0 aliphatic carbocycles. The highest BCUT2D eigenvalue weighted by molar-refractivity contribution is 5.82. The number of aromatic nitrogens is 1. The molecule has 106 valence electrons. The number of hydrogen-bond acceptors (Lipinski definition) is 2. The first kappa shape index (κ1) is 13.4. The van der Waals surface area contributed by atoms with Gasteiger partial charge in [-0.1, -0.05) is 65.8 Å². The van der Waals surface area contributed by atoms with Gasteiger partial charge in [-0.2, -0.15) is 13.2 Å². The van der Waals surface area contributed by atoms with Crippen molar-refractivity contribution in [3.63, 3.8) is 0 Å². The number of rotatable bonds is 2. The molecule has 0 bridgehead atoms. The molecule has 0 fully saturated rings. The molecule has 5 heteroatoms. The summed E-state index contributed by atoms with van der Waals surface area (Å²) < 4.78 is 44.0. The maximum atomic E-state index is 13.1. The second-order valence-electron chi connectivity index (χ2n) is 4.47. The molecule has 0 aliphatic heterocycles. The van der Waals surface area contributed by atoms with E-state index in [1.165, 1.54) is 0 Å². The fourth-order valence-corrected chi connectivity index (χ4v) is 2.15. The van der Waals surface area contributed by atoms with Crippen molar-refractivity contribution in [2.45, 2.75) is 6.18 Å². The van der Waals surface area contributed by atoms with Crippen molar-refractivity contribution in [3.8, 4) is 22.4 Å². The van der Waals surface area contributed by atoms with Gasteiger partial charge in [0.25, 0.3) is 0 Å². The third-order valence-corrected chi connectivity index (χ3v) is 3.06. The molecule has 2 nitrogen and oxygen atoms in total. The number of benzene rings is 2. The van der Waals surface area contributed by atoms with E-state index in [1.807, 2.05) is 0 Å². The van der Waals surface area contributed by atoms with Gasteiger partial charge in [0.2, 0.25) is 5.76 Å². The Labute approximate surface area is 118 Å². The summed E-state index contributed by atoms with van der Waals surface area (Å²) in [5.41, 5.74) is 1.16. The lowest BCUT2D eigenvalue weighted by atomic mass is 9.99. The molecule has 21 heavy (non-hydrogen) atoms. The lowest BCUT2D eigenvalue weighted by Crippen LogP contribution is -2.05. The molecule has 0 unspecified atom stereocenters. The Hall–Kier alpha value is -2.56. The van der Waals surface area contributed by atoms with Crippen molar-refractivity contribution in [1.82, 2.24) is 5.16 Å². The van der Waals surface area contributed by atoms with Gasteiger partial charge >= 0.3 is 6.18 Å². The van der Waals surface area contributed by atoms with Crippen molar-refractivity contribution >= 4 is 0 Å². The molecule has 0 radical (unpaired) electrons. The van der Waals surface area contributed by atoms with Crippen LogP contribution in [0.5, 0.6) is 0 Å². The van der Waals surface area contributed by atoms with Crippen molar-refractivity contribution in [3.05, 3.63) is 66.4 Å². The van der Waals surface area contributed by atoms with E-state index in [9.17, 15) is 13.2 Å². The van der Waals surface area contributed by atoms with Crippen LogP contribution in [0.15, 0.2) is 65.2 Å². The summed E-state index contributed by atoms with van der Waals surface area (Å²) in [5, 5.41) is 3.63. The van der Waals surface area contributed by atoms with Crippen molar-refractivity contribution in [1.29, 1.82) is 0 Å². The number of alkyl halides is 3. The minimum Gasteiger partial charge on any atom is -0.350 e. The first-order valence-electron chi connectivity index (χ1n) is 6.25. The molecule has 0 saturated heterocycles. The second kappa shape index (κ2) is 5.09. The van der Waals surface area contributed by atoms with Gasteiger partial charge in [0.05, 0.1) is 5.56 Å². The first-order chi connectivity index (χ1) is 10.1. The van der Waals surface area contributed by atoms with E-state index >= 15 is 0 Å². The predicted molar refractivity (Wildman–Crippen MR) is 72.4 cm³/mol. The van der Waals surface area contributed by atoms with E-state index in [0.29, 0.717) is 11.1 Å². The quantitative estimate of drug-likeness (QED) is 0.661. The normalized spacial score (nSPS) is 11.6. The molecule has 0 spiro atoms. The number of hydrogen-bond donors (Lipinski definition) is 0. The summed E-state index contributed by atoms with van der Waals surface area (Å²) in [7, 11) is 0. The predicted octanol–water partition coefficient (Wildman–Crippen LogP) is 5.03. The third-order valence-electron chi connectivity index (χ3n) is 3.06. The SMILES string of the molecule is FC(F)(F)c1onc(-c2ccccc2)c1-c1ccccc1. The Morgan fingerprint density at radius 1 is 0.762 bits per heavy atom. The fraction of sp³-hybridized carbons (Fsp3) is 0.0625. The van der Waals surface area contributed by atoms with Crippen LogP contribution < -0.4 is 0 Å². The summed E-state index contributed by atoms with van der Waals surface area (Å²) in [5.74, 6) is -1.08. The standard InChI is InChI=1S/C16H10F3NO/c17-16(18,19)15-13(11-7-3-1-4-8-11)14(20-21-15)12-9-5-2-6-10-12/h1-10H. The average Bonchev–Trinajstić information content (AvgIpc) is 2.94. The zero-order valence-electron chi connectivity index (χ0n) is 10.8. The van der Waals surface area contributed by atoms with Crippen LogP contribution in [0.1, 0.15) is 5.76 Å². The largest absolute Gasteiger partial charge is 0.453 e. The molecule has 0 N–H and O–H groups in total. The van der Waals surface area contributed by atoms with Crippen LogP contribution in [0.4, 0.5) is 13.2 Å². The Balaban J connectivity index is 2.26. The van der Waals surface area contributed by atoms with E-state index < -0.39 is 11.9 Å². The molecular weight excluding hydrogens is 279 g/mol. The summed E-state index contributed by atoms with van der Waals surface area (Å²) >= 11 is 0. The molecule has 2 aromatic carbocycles. The smallest absolute Gasteiger partial charge is 0.350 e. The van der Waals surface area contributed by atoms with Crippen LogP contribution in [0.3, 0.4) is 0 Å². The van der Waals surface area contributed by atoms with Gasteiger partial charge in [-0.3, -0.25) is 0 Å². The Bertz CT molecular complexity index is 733. The molecule has 0 saturated carbocycles. The van der Waals surface area contributed by atoms with Crippen molar-refractivity contribution < 1.29 is 17.7 Å². The van der Waals surface area contributed by atoms with Gasteiger partial charge in [0, 0.05) is 5.56 Å². The van der Waals surface area contributed by atoms with Gasteiger partial charge in [-0.05, 0) is 5.56 Å². The van der Waals surface area contributed by atoms with Crippen LogP contribution in [-0.4, -0.2) is 5.16 Å². The van der Waals surface area contributed by atoms with Crippen LogP contribution in [0.2, 0.25) is 0 Å². The summed E-state index contributed by atoms with van der Waals surface area (Å²) in [6.07, 6.45) is -4.59. The molecule has 3 rings (SSSR count). The lowest BCUT2D eigenvalue weighted by molar-refractivity contribution is -0.154. The highest BCUT2D eigenvalue weighted by Crippen LogP contribution is 2.42. The summed E-state index contributed by atoms with van der Waals surface area (Å²) in [6, 6.07) is 17.0. The molecular formula is C16H10F3NO. The van der Waals surface area contributed by atoms with E-state index in [0.717, 1.165) is 0 Å². The number of nitrogens with zero attached hydrogens (tertiary/aromatic N) is 1. The Kier molecular flexibility index (Phi) is 3.25. The molecule has 0 amide bonds. The zero-order chi connectivity index (χ0) is 14.9. The van der Waals surface area contributed by atoms with E-state index in [2.05, 4.69) is 9.68 Å². The molecule has 1 heterocycles. The van der Waals surface area contributed by atoms with Gasteiger partial charge in [0.1, 0.15) is 5.69 Å². The van der Waals surface area contributed by atoms with Gasteiger partial charge in [-0.25, -0.2) is 0 Å². The Morgan fingerprint density at radius 2 is 1.29 bits per heavy atom. The lowest BCUT2D eigenvalue weighted by Gasteiger charge is -2.07. The second-order valence-corrected chi connectivity index (χ2v) is 4.47. The molecule has 0 aliphatic rings. The minimum atomic E-state index is -4.59. The summed E-state index contributed by atoms with van der Waals surface area (Å²) in [6.45, 7) is 0. The Morgan fingerprint density at radius 3 is 1.81 bits per heavy atom. The van der Waals surface area contributed by atoms with Gasteiger partial charge in [-0.15, -0.1) is 0 Å². The fourth-order valence-electron chi connectivity index (χ4n) is 2.15. The molecule has 0 atom stereocenters. The highest BCUT2D eigenvalue weighted by atomic mass is 19.4. The first-order valence-corrected chi connectivity index (χ1v) is 6.25. The van der Waals surface area contributed by atoms with Crippen LogP contribution >= 0.6 is 0 Å². The highest BCUT2D eigenvalue weighted by Gasteiger charge is 2.40. The zero-order valence-corrected chi connectivity index (χ0v) is 10.8. The van der Waals surface area contributed by atoms with Crippen LogP contribution in [0.25, 0.3) is 22.4 Å². The van der Waals surface area contributed by atoms with E-state index in [1.54, 1.807) is 60.7 Å². The topological polar surface area (TPSA) is 26.0 Å². The van der Waals surface area contributed by atoms with E-state index in [4.69, 9.17) is 0 Å².